The van der Waals surface area contributed by atoms with Crippen LogP contribution in [0, 0.1) is 0 Å². The molecule has 2 rings (SSSR count). The second-order valence-electron chi connectivity index (χ2n) is 5.79. The molecule has 0 saturated heterocycles. The van der Waals surface area contributed by atoms with Crippen LogP contribution in [0.5, 0.6) is 5.75 Å². The highest BCUT2D eigenvalue weighted by atomic mass is 19.4. The van der Waals surface area contributed by atoms with Gasteiger partial charge in [-0.25, -0.2) is 0 Å². The Kier molecular flexibility index (Phi) is 6.49. The Labute approximate surface area is 154 Å². The number of ether oxygens (including phenoxy) is 1. The van der Waals surface area contributed by atoms with Gasteiger partial charge in [0.25, 0.3) is 11.8 Å². The summed E-state index contributed by atoms with van der Waals surface area (Å²) in [7, 11) is 1.41. The number of alkyl halides is 3. The highest BCUT2D eigenvalue weighted by Gasteiger charge is 2.27. The number of H-pyrrole nitrogens is 1. The highest BCUT2D eigenvalue weighted by molar-refractivity contribution is 5.99. The monoisotopic (exact) mass is 383 g/mol. The van der Waals surface area contributed by atoms with Crippen molar-refractivity contribution < 1.29 is 27.5 Å². The van der Waals surface area contributed by atoms with Gasteiger partial charge in [-0.2, -0.15) is 13.2 Å². The van der Waals surface area contributed by atoms with Gasteiger partial charge in [-0.15, -0.1) is 0 Å². The van der Waals surface area contributed by atoms with Crippen molar-refractivity contribution in [2.75, 3.05) is 13.6 Å². The van der Waals surface area contributed by atoms with Crippen LogP contribution in [0.2, 0.25) is 0 Å². The molecule has 0 bridgehead atoms. The van der Waals surface area contributed by atoms with Crippen LogP contribution in [-0.2, 0) is 0 Å². The number of carbonyl (C=O) groups excluding carboxylic acids is 2. The van der Waals surface area contributed by atoms with Crippen LogP contribution >= 0.6 is 0 Å². The Morgan fingerprint density at radius 1 is 1.19 bits per heavy atom. The van der Waals surface area contributed by atoms with E-state index in [9.17, 15) is 22.8 Å². The molecule has 1 aromatic heterocycles. The van der Waals surface area contributed by atoms with Crippen LogP contribution in [0.4, 0.5) is 13.2 Å². The van der Waals surface area contributed by atoms with E-state index < -0.39 is 37.1 Å². The van der Waals surface area contributed by atoms with Gasteiger partial charge in [-0.3, -0.25) is 9.59 Å². The Balaban J connectivity index is 2.16. The minimum absolute atomic E-state index is 0.0150. The van der Waals surface area contributed by atoms with E-state index in [4.69, 9.17) is 4.74 Å². The minimum atomic E-state index is -4.37. The number of aromatic amines is 1. The van der Waals surface area contributed by atoms with E-state index in [0.717, 1.165) is 5.56 Å². The predicted molar refractivity (Wildman–Crippen MR) is 92.7 cm³/mol. The van der Waals surface area contributed by atoms with Crippen LogP contribution in [0.3, 0.4) is 0 Å². The fraction of sp³-hybridized carbons (Fsp3) is 0.333. The average molecular weight is 383 g/mol. The molecule has 0 aliphatic carbocycles. The molecule has 27 heavy (non-hydrogen) atoms. The number of halogens is 3. The Morgan fingerprint density at radius 3 is 2.44 bits per heavy atom. The SMILES string of the molecule is CNC(=O)c1[nH]c(C(=O)NCCC(F)(F)F)cc1OC(C)c1ccccc1. The number of hydrogen-bond acceptors (Lipinski definition) is 3. The normalized spacial score (nSPS) is 12.3. The lowest BCUT2D eigenvalue weighted by Gasteiger charge is -2.14. The molecule has 1 atom stereocenters. The summed E-state index contributed by atoms with van der Waals surface area (Å²) < 4.78 is 42.4. The first kappa shape index (κ1) is 20.3. The van der Waals surface area contributed by atoms with E-state index in [-0.39, 0.29) is 17.1 Å². The maximum Gasteiger partial charge on any atom is 0.390 e. The van der Waals surface area contributed by atoms with Gasteiger partial charge in [0.15, 0.2) is 5.75 Å². The second kappa shape index (κ2) is 8.61. The summed E-state index contributed by atoms with van der Waals surface area (Å²) in [5.74, 6) is -1.14. The van der Waals surface area contributed by atoms with Gasteiger partial charge in [-0.05, 0) is 12.5 Å². The zero-order chi connectivity index (χ0) is 20.0. The largest absolute Gasteiger partial charge is 0.484 e. The molecule has 2 aromatic rings. The summed E-state index contributed by atoms with van der Waals surface area (Å²) in [6.07, 6.45) is -5.92. The third-order valence-corrected chi connectivity index (χ3v) is 3.75. The van der Waals surface area contributed by atoms with E-state index in [0.29, 0.717) is 0 Å². The zero-order valence-corrected chi connectivity index (χ0v) is 14.8. The molecule has 6 nitrogen and oxygen atoms in total. The lowest BCUT2D eigenvalue weighted by atomic mass is 10.1. The second-order valence-corrected chi connectivity index (χ2v) is 5.79. The third kappa shape index (κ3) is 5.77. The van der Waals surface area contributed by atoms with Gasteiger partial charge in [0.1, 0.15) is 17.5 Å². The van der Waals surface area contributed by atoms with Crippen molar-refractivity contribution in [3.63, 3.8) is 0 Å². The van der Waals surface area contributed by atoms with Crippen molar-refractivity contribution in [1.82, 2.24) is 15.6 Å². The van der Waals surface area contributed by atoms with Crippen LogP contribution in [0.1, 0.15) is 46.0 Å². The highest BCUT2D eigenvalue weighted by Crippen LogP contribution is 2.26. The number of carbonyl (C=O) groups is 2. The van der Waals surface area contributed by atoms with Gasteiger partial charge in [0.2, 0.25) is 0 Å². The number of amides is 2. The summed E-state index contributed by atoms with van der Waals surface area (Å²) >= 11 is 0. The lowest BCUT2D eigenvalue weighted by molar-refractivity contribution is -0.133. The van der Waals surface area contributed by atoms with Crippen molar-refractivity contribution >= 4 is 11.8 Å². The first-order valence-electron chi connectivity index (χ1n) is 8.23. The number of hydrogen-bond donors (Lipinski definition) is 3. The molecule has 0 aliphatic heterocycles. The topological polar surface area (TPSA) is 83.2 Å². The quantitative estimate of drug-likeness (QED) is 0.687. The van der Waals surface area contributed by atoms with Gasteiger partial charge in [0.05, 0.1) is 6.42 Å². The average Bonchev–Trinajstić information content (AvgIpc) is 3.04. The Hall–Kier alpha value is -2.97. The van der Waals surface area contributed by atoms with E-state index in [2.05, 4.69) is 15.6 Å². The van der Waals surface area contributed by atoms with Crippen LogP contribution < -0.4 is 15.4 Å². The maximum absolute atomic E-state index is 12.2. The van der Waals surface area contributed by atoms with Gasteiger partial charge < -0.3 is 20.4 Å². The van der Waals surface area contributed by atoms with Gasteiger partial charge in [0, 0.05) is 19.7 Å². The summed E-state index contributed by atoms with van der Waals surface area (Å²) in [5.41, 5.74) is 0.810. The smallest absolute Gasteiger partial charge is 0.390 e. The Morgan fingerprint density at radius 2 is 1.85 bits per heavy atom. The maximum atomic E-state index is 12.2. The van der Waals surface area contributed by atoms with Gasteiger partial charge in [-0.1, -0.05) is 30.3 Å². The van der Waals surface area contributed by atoms with Crippen molar-refractivity contribution in [3.05, 3.63) is 53.3 Å². The van der Waals surface area contributed by atoms with E-state index in [1.165, 1.54) is 13.1 Å². The molecule has 146 valence electrons. The van der Waals surface area contributed by atoms with Crippen LogP contribution in [0.25, 0.3) is 0 Å². The fourth-order valence-corrected chi connectivity index (χ4v) is 2.34. The van der Waals surface area contributed by atoms with E-state index in [1.807, 2.05) is 30.3 Å². The number of rotatable bonds is 7. The van der Waals surface area contributed by atoms with E-state index in [1.54, 1.807) is 6.92 Å². The molecule has 1 heterocycles. The molecule has 0 spiro atoms. The summed E-state index contributed by atoms with van der Waals surface area (Å²) in [6, 6.07) is 10.5. The molecule has 0 fully saturated rings. The lowest BCUT2D eigenvalue weighted by Crippen LogP contribution is -2.28. The number of aromatic nitrogens is 1. The van der Waals surface area contributed by atoms with Crippen LogP contribution in [0.15, 0.2) is 36.4 Å². The third-order valence-electron chi connectivity index (χ3n) is 3.75. The summed E-state index contributed by atoms with van der Waals surface area (Å²) in [4.78, 5) is 26.7. The zero-order valence-electron chi connectivity index (χ0n) is 14.8. The Bertz CT molecular complexity index is 788. The van der Waals surface area contributed by atoms with Crippen LogP contribution in [-0.4, -0.2) is 36.6 Å². The van der Waals surface area contributed by atoms with Crippen molar-refractivity contribution in [1.29, 1.82) is 0 Å². The first-order chi connectivity index (χ1) is 12.7. The number of benzene rings is 1. The molecular formula is C18H20F3N3O3. The first-order valence-corrected chi connectivity index (χ1v) is 8.23. The molecule has 0 saturated carbocycles. The molecule has 0 radical (unpaired) electrons. The molecule has 1 unspecified atom stereocenters. The molecular weight excluding hydrogens is 363 g/mol. The fourth-order valence-electron chi connectivity index (χ4n) is 2.34. The molecule has 0 aliphatic rings. The molecule has 9 heteroatoms. The predicted octanol–water partition coefficient (Wildman–Crippen LogP) is 3.20. The molecule has 3 N–H and O–H groups in total. The van der Waals surface area contributed by atoms with E-state index >= 15 is 0 Å². The minimum Gasteiger partial charge on any atom is -0.484 e. The van der Waals surface area contributed by atoms with Crippen molar-refractivity contribution in [2.24, 2.45) is 0 Å². The summed E-state index contributed by atoms with van der Waals surface area (Å²) in [5, 5.41) is 4.58. The van der Waals surface area contributed by atoms with Gasteiger partial charge >= 0.3 is 6.18 Å². The summed E-state index contributed by atoms with van der Waals surface area (Å²) in [6.45, 7) is 1.21. The number of nitrogens with one attached hydrogen (secondary N) is 3. The molecule has 2 amide bonds. The van der Waals surface area contributed by atoms with Crippen molar-refractivity contribution in [3.8, 4) is 5.75 Å². The van der Waals surface area contributed by atoms with Crippen molar-refractivity contribution in [2.45, 2.75) is 25.6 Å². The molecule has 1 aromatic carbocycles. The standard InChI is InChI=1S/C18H20F3N3O3/c1-11(12-6-4-3-5-7-12)27-14-10-13(24-15(14)17(26)22-2)16(25)23-9-8-18(19,20)21/h3-7,10-11,24H,8-9H2,1-2H3,(H,22,26)(H,23,25).